The van der Waals surface area contributed by atoms with E-state index in [2.05, 4.69) is 5.32 Å². The summed E-state index contributed by atoms with van der Waals surface area (Å²) in [6, 6.07) is 16.7. The molecule has 0 aliphatic rings. The number of amides is 1. The van der Waals surface area contributed by atoms with Crippen molar-refractivity contribution in [2.45, 2.75) is 20.5 Å². The molecule has 1 amide bonds. The predicted molar refractivity (Wildman–Crippen MR) is 91.9 cm³/mol. The van der Waals surface area contributed by atoms with Crippen molar-refractivity contribution in [3.05, 3.63) is 71.3 Å². The molecule has 0 radical (unpaired) electrons. The molecule has 2 rings (SSSR count). The Morgan fingerprint density at radius 2 is 1.58 bits per heavy atom. The minimum atomic E-state index is -1.10. The highest BCUT2D eigenvalue weighted by Crippen LogP contribution is 2.18. The minimum Gasteiger partial charge on any atom is -0.489 e. The molecule has 0 heterocycles. The zero-order valence-electron chi connectivity index (χ0n) is 13.6. The van der Waals surface area contributed by atoms with Gasteiger partial charge in [-0.25, -0.2) is 4.79 Å². The second-order valence-electron chi connectivity index (χ2n) is 5.31. The fourth-order valence-electron chi connectivity index (χ4n) is 1.93. The molecule has 124 valence electrons. The van der Waals surface area contributed by atoms with Crippen LogP contribution in [0.2, 0.25) is 0 Å². The molecule has 0 saturated carbocycles. The first kappa shape index (κ1) is 17.3. The van der Waals surface area contributed by atoms with Crippen molar-refractivity contribution in [3.63, 3.8) is 0 Å². The van der Waals surface area contributed by atoms with Gasteiger partial charge in [0, 0.05) is 16.8 Å². The summed E-state index contributed by atoms with van der Waals surface area (Å²) in [6.07, 6.45) is 0. The number of rotatable bonds is 6. The Morgan fingerprint density at radius 1 is 0.958 bits per heavy atom. The lowest BCUT2D eigenvalue weighted by atomic mass is 10.1. The van der Waals surface area contributed by atoms with Gasteiger partial charge < -0.3 is 15.2 Å². The molecule has 5 nitrogen and oxygen atoms in total. The maximum Gasteiger partial charge on any atom is 0.331 e. The molecule has 0 spiro atoms. The van der Waals surface area contributed by atoms with Gasteiger partial charge in [-0.3, -0.25) is 4.79 Å². The van der Waals surface area contributed by atoms with E-state index in [1.807, 2.05) is 30.3 Å². The van der Waals surface area contributed by atoms with Crippen molar-refractivity contribution in [1.82, 2.24) is 0 Å². The normalized spacial score (nSPS) is 11.4. The second-order valence-corrected chi connectivity index (χ2v) is 5.31. The van der Waals surface area contributed by atoms with Gasteiger partial charge >= 0.3 is 5.97 Å². The highest BCUT2D eigenvalue weighted by atomic mass is 16.5. The Morgan fingerprint density at radius 3 is 2.17 bits per heavy atom. The zero-order valence-corrected chi connectivity index (χ0v) is 13.6. The van der Waals surface area contributed by atoms with E-state index >= 15 is 0 Å². The van der Waals surface area contributed by atoms with Crippen molar-refractivity contribution < 1.29 is 19.4 Å². The quantitative estimate of drug-likeness (QED) is 0.795. The lowest BCUT2D eigenvalue weighted by Crippen LogP contribution is -2.16. The lowest BCUT2D eigenvalue weighted by molar-refractivity contribution is -0.133. The van der Waals surface area contributed by atoms with Crippen LogP contribution in [0.4, 0.5) is 5.69 Å². The van der Waals surface area contributed by atoms with E-state index in [4.69, 9.17) is 9.84 Å². The molecule has 2 N–H and O–H groups in total. The second kappa shape index (κ2) is 7.97. The Labute approximate surface area is 140 Å². The van der Waals surface area contributed by atoms with Crippen molar-refractivity contribution >= 4 is 17.6 Å². The van der Waals surface area contributed by atoms with E-state index in [1.54, 1.807) is 24.3 Å². The van der Waals surface area contributed by atoms with Crippen LogP contribution in [-0.4, -0.2) is 17.0 Å². The molecule has 0 aromatic heterocycles. The summed E-state index contributed by atoms with van der Waals surface area (Å²) in [5.74, 6) is -0.856. The molecule has 0 fully saturated rings. The van der Waals surface area contributed by atoms with E-state index < -0.39 is 11.9 Å². The van der Waals surface area contributed by atoms with E-state index in [9.17, 15) is 9.59 Å². The number of hydrogen-bond acceptors (Lipinski definition) is 3. The maximum absolute atomic E-state index is 12.0. The third-order valence-electron chi connectivity index (χ3n) is 3.58. The molecule has 0 aliphatic carbocycles. The summed E-state index contributed by atoms with van der Waals surface area (Å²) in [7, 11) is 0. The van der Waals surface area contributed by atoms with Crippen LogP contribution in [0.25, 0.3) is 0 Å². The fraction of sp³-hybridized carbons (Fsp3) is 0.158. The van der Waals surface area contributed by atoms with E-state index in [0.717, 1.165) is 5.56 Å². The zero-order chi connectivity index (χ0) is 17.5. The van der Waals surface area contributed by atoms with Crippen LogP contribution in [-0.2, 0) is 16.2 Å². The largest absolute Gasteiger partial charge is 0.489 e. The van der Waals surface area contributed by atoms with E-state index in [1.165, 1.54) is 13.8 Å². The van der Waals surface area contributed by atoms with Crippen molar-refractivity contribution in [2.75, 3.05) is 5.32 Å². The average Bonchev–Trinajstić information content (AvgIpc) is 2.60. The number of benzene rings is 2. The molecule has 0 aliphatic heterocycles. The number of aliphatic carboxylic acids is 1. The molecular weight excluding hydrogens is 306 g/mol. The first-order valence-electron chi connectivity index (χ1n) is 7.46. The summed E-state index contributed by atoms with van der Waals surface area (Å²) >= 11 is 0. The van der Waals surface area contributed by atoms with Crippen LogP contribution in [0.15, 0.2) is 65.7 Å². The van der Waals surface area contributed by atoms with E-state index in [0.29, 0.717) is 18.0 Å². The SMILES string of the molecule is C/C(C(=O)O)=C(\C)C(=O)Nc1ccc(OCc2ccccc2)cc1. The van der Waals surface area contributed by atoms with Crippen LogP contribution in [0.1, 0.15) is 19.4 Å². The standard InChI is InChI=1S/C19H19NO4/c1-13(14(2)19(22)23)18(21)20-16-8-10-17(11-9-16)24-12-15-6-4-3-5-7-15/h3-11H,12H2,1-2H3,(H,20,21)(H,22,23)/b14-13-. The van der Waals surface area contributed by atoms with Gasteiger partial charge in [0.1, 0.15) is 12.4 Å². The number of carbonyl (C=O) groups is 2. The number of carboxylic acids is 1. The average molecular weight is 325 g/mol. The van der Waals surface area contributed by atoms with Gasteiger partial charge in [0.2, 0.25) is 0 Å². The van der Waals surface area contributed by atoms with Crippen LogP contribution < -0.4 is 10.1 Å². The first-order valence-corrected chi connectivity index (χ1v) is 7.46. The highest BCUT2D eigenvalue weighted by Gasteiger charge is 2.12. The highest BCUT2D eigenvalue weighted by molar-refractivity contribution is 6.08. The molecular formula is C19H19NO4. The Kier molecular flexibility index (Phi) is 5.73. The lowest BCUT2D eigenvalue weighted by Gasteiger charge is -2.09. The summed E-state index contributed by atoms with van der Waals surface area (Å²) in [5.41, 5.74) is 1.84. The summed E-state index contributed by atoms with van der Waals surface area (Å²) in [5, 5.41) is 11.6. The molecule has 0 unspecified atom stereocenters. The summed E-state index contributed by atoms with van der Waals surface area (Å²) < 4.78 is 5.67. The Balaban J connectivity index is 1.96. The molecule has 24 heavy (non-hydrogen) atoms. The molecule has 2 aromatic carbocycles. The van der Waals surface area contributed by atoms with Gasteiger partial charge in [0.15, 0.2) is 0 Å². The predicted octanol–water partition coefficient (Wildman–Crippen LogP) is 3.63. The van der Waals surface area contributed by atoms with Crippen LogP contribution in [0.5, 0.6) is 5.75 Å². The number of nitrogens with one attached hydrogen (secondary N) is 1. The summed E-state index contributed by atoms with van der Waals surface area (Å²) in [6.45, 7) is 3.35. The van der Waals surface area contributed by atoms with E-state index in [-0.39, 0.29) is 11.1 Å². The smallest absolute Gasteiger partial charge is 0.331 e. The third kappa shape index (κ3) is 4.71. The van der Waals surface area contributed by atoms with Gasteiger partial charge in [-0.15, -0.1) is 0 Å². The van der Waals surface area contributed by atoms with Crippen LogP contribution in [0, 0.1) is 0 Å². The topological polar surface area (TPSA) is 75.6 Å². The van der Waals surface area contributed by atoms with Crippen LogP contribution in [0.3, 0.4) is 0 Å². The number of carboxylic acid groups (broad SMARTS) is 1. The third-order valence-corrected chi connectivity index (χ3v) is 3.58. The molecule has 0 atom stereocenters. The van der Waals surface area contributed by atoms with Crippen molar-refractivity contribution in [1.29, 1.82) is 0 Å². The molecule has 0 bridgehead atoms. The fourth-order valence-corrected chi connectivity index (χ4v) is 1.93. The van der Waals surface area contributed by atoms with Gasteiger partial charge in [0.25, 0.3) is 5.91 Å². The number of anilines is 1. The Hall–Kier alpha value is -3.08. The molecule has 2 aromatic rings. The van der Waals surface area contributed by atoms with Gasteiger partial charge in [-0.2, -0.15) is 0 Å². The number of carbonyl (C=O) groups excluding carboxylic acids is 1. The van der Waals surface area contributed by atoms with Gasteiger partial charge in [-0.05, 0) is 43.7 Å². The molecule has 5 heteroatoms. The summed E-state index contributed by atoms with van der Waals surface area (Å²) in [4.78, 5) is 22.9. The number of hydrogen-bond donors (Lipinski definition) is 2. The van der Waals surface area contributed by atoms with Crippen LogP contribution >= 0.6 is 0 Å². The molecule has 0 saturated heterocycles. The number of ether oxygens (including phenoxy) is 1. The minimum absolute atomic E-state index is 0.0234. The maximum atomic E-state index is 12.0. The Bertz CT molecular complexity index is 749. The first-order chi connectivity index (χ1) is 11.5. The van der Waals surface area contributed by atoms with Gasteiger partial charge in [0.05, 0.1) is 0 Å². The van der Waals surface area contributed by atoms with Crippen molar-refractivity contribution in [2.24, 2.45) is 0 Å². The van der Waals surface area contributed by atoms with Gasteiger partial charge in [-0.1, -0.05) is 30.3 Å². The monoisotopic (exact) mass is 325 g/mol. The van der Waals surface area contributed by atoms with Crippen molar-refractivity contribution in [3.8, 4) is 5.75 Å².